The van der Waals surface area contributed by atoms with Crippen LogP contribution in [0.5, 0.6) is 5.75 Å². The van der Waals surface area contributed by atoms with E-state index in [0.717, 1.165) is 6.42 Å². The van der Waals surface area contributed by atoms with E-state index in [-0.39, 0.29) is 35.8 Å². The van der Waals surface area contributed by atoms with E-state index in [1.54, 1.807) is 11.0 Å². The first-order valence-electron chi connectivity index (χ1n) is 12.1. The molecular formula is C24H33F3N4O4. The first-order valence-corrected chi connectivity index (χ1v) is 12.1. The highest BCUT2D eigenvalue weighted by Crippen LogP contribution is 2.30. The molecule has 0 aliphatic carbocycles. The molecule has 194 valence electrons. The van der Waals surface area contributed by atoms with E-state index >= 15 is 0 Å². The summed E-state index contributed by atoms with van der Waals surface area (Å²) in [6.45, 7) is 2.57. The van der Waals surface area contributed by atoms with Crippen LogP contribution in [0.25, 0.3) is 0 Å². The van der Waals surface area contributed by atoms with Gasteiger partial charge in [-0.3, -0.25) is 19.4 Å². The molecule has 4 rings (SSSR count). The summed E-state index contributed by atoms with van der Waals surface area (Å²) in [4.78, 5) is 31.6. The van der Waals surface area contributed by atoms with E-state index in [9.17, 15) is 27.9 Å². The van der Waals surface area contributed by atoms with Gasteiger partial charge in [-0.25, -0.2) is 0 Å². The molecule has 2 amide bonds. The van der Waals surface area contributed by atoms with Crippen molar-refractivity contribution in [2.75, 3.05) is 33.2 Å². The Hall–Kier alpha value is -2.37. The molecule has 3 aliphatic heterocycles. The Morgan fingerprint density at radius 1 is 1.20 bits per heavy atom. The summed E-state index contributed by atoms with van der Waals surface area (Å²) in [6, 6.07) is 5.40. The number of likely N-dealkylation sites (tertiary alicyclic amines) is 2. The number of carbonyl (C=O) groups is 2. The fourth-order valence-corrected chi connectivity index (χ4v) is 5.47. The zero-order chi connectivity index (χ0) is 25.2. The average Bonchev–Trinajstić information content (AvgIpc) is 3.16. The SMILES string of the molecule is CN1C(CCC(=O)N2CCC(O)CC2)CNC(=O)C2C1CCN2Cc1cccc(OC(F)(F)F)c1. The summed E-state index contributed by atoms with van der Waals surface area (Å²) in [5.41, 5.74) is 0.640. The van der Waals surface area contributed by atoms with Gasteiger partial charge in [0, 0.05) is 51.2 Å². The first-order chi connectivity index (χ1) is 16.6. The number of rotatable bonds is 6. The van der Waals surface area contributed by atoms with Gasteiger partial charge < -0.3 is 20.1 Å². The molecule has 3 unspecified atom stereocenters. The number of halogens is 3. The maximum atomic E-state index is 13.0. The number of carbonyl (C=O) groups excluding carboxylic acids is 2. The van der Waals surface area contributed by atoms with Gasteiger partial charge in [0.1, 0.15) is 11.8 Å². The van der Waals surface area contributed by atoms with Crippen LogP contribution in [-0.2, 0) is 16.1 Å². The third-order valence-electron chi connectivity index (χ3n) is 7.38. The Labute approximate surface area is 203 Å². The summed E-state index contributed by atoms with van der Waals surface area (Å²) in [5.74, 6) is -0.298. The molecule has 0 spiro atoms. The number of amides is 2. The number of aliphatic hydroxyl groups is 1. The molecule has 0 bridgehead atoms. The maximum Gasteiger partial charge on any atom is 0.573 e. The van der Waals surface area contributed by atoms with E-state index in [0.29, 0.717) is 64.0 Å². The van der Waals surface area contributed by atoms with Crippen molar-refractivity contribution in [1.82, 2.24) is 20.0 Å². The van der Waals surface area contributed by atoms with E-state index < -0.39 is 12.4 Å². The van der Waals surface area contributed by atoms with Gasteiger partial charge in [-0.05, 0) is 50.4 Å². The molecule has 1 aromatic rings. The van der Waals surface area contributed by atoms with Crippen molar-refractivity contribution in [3.63, 3.8) is 0 Å². The van der Waals surface area contributed by atoms with Gasteiger partial charge in [0.25, 0.3) is 0 Å². The minimum absolute atomic E-state index is 0.0109. The topological polar surface area (TPSA) is 85.3 Å². The van der Waals surface area contributed by atoms with E-state index in [1.807, 2.05) is 11.9 Å². The summed E-state index contributed by atoms with van der Waals surface area (Å²) in [6.07, 6.45) is -2.12. The standard InChI is InChI=1S/C24H33F3N4O4/c1-29-17(5-6-21(33)30-10-7-18(32)8-11-30)14-28-23(34)22-20(29)9-12-31(22)15-16-3-2-4-19(13-16)35-24(25,26)27/h2-4,13,17-18,20,22,32H,5-12,14-15H2,1H3,(H,28,34). The van der Waals surface area contributed by atoms with Gasteiger partial charge in [-0.1, -0.05) is 12.1 Å². The van der Waals surface area contributed by atoms with E-state index in [1.165, 1.54) is 18.2 Å². The van der Waals surface area contributed by atoms with Gasteiger partial charge in [-0.15, -0.1) is 13.2 Å². The van der Waals surface area contributed by atoms with E-state index in [4.69, 9.17) is 0 Å². The zero-order valence-electron chi connectivity index (χ0n) is 19.8. The number of fused-ring (bicyclic) bond motifs is 1. The highest BCUT2D eigenvalue weighted by molar-refractivity contribution is 5.83. The highest BCUT2D eigenvalue weighted by Gasteiger charge is 2.45. The normalized spacial score (nSPS) is 26.8. The van der Waals surface area contributed by atoms with Crippen molar-refractivity contribution in [2.24, 2.45) is 0 Å². The van der Waals surface area contributed by atoms with E-state index in [2.05, 4.69) is 15.0 Å². The van der Waals surface area contributed by atoms with Crippen LogP contribution >= 0.6 is 0 Å². The molecule has 11 heteroatoms. The maximum absolute atomic E-state index is 13.0. The molecule has 3 saturated heterocycles. The number of likely N-dealkylation sites (N-methyl/N-ethyl adjacent to an activating group) is 1. The summed E-state index contributed by atoms with van der Waals surface area (Å²) in [5, 5.41) is 12.7. The third-order valence-corrected chi connectivity index (χ3v) is 7.38. The van der Waals surface area contributed by atoms with Crippen LogP contribution in [0.4, 0.5) is 13.2 Å². The molecule has 0 saturated carbocycles. The number of aliphatic hydroxyl groups excluding tert-OH is 1. The van der Waals surface area contributed by atoms with Crippen LogP contribution in [0.3, 0.4) is 0 Å². The number of ether oxygens (including phenoxy) is 1. The molecule has 0 radical (unpaired) electrons. The van der Waals surface area contributed by atoms with Crippen LogP contribution in [0.2, 0.25) is 0 Å². The van der Waals surface area contributed by atoms with Crippen LogP contribution in [0.15, 0.2) is 24.3 Å². The Kier molecular flexibility index (Phi) is 7.87. The number of benzene rings is 1. The number of nitrogens with one attached hydrogen (secondary N) is 1. The van der Waals surface area contributed by atoms with Gasteiger partial charge in [0.15, 0.2) is 0 Å². The Morgan fingerprint density at radius 2 is 1.94 bits per heavy atom. The lowest BCUT2D eigenvalue weighted by Crippen LogP contribution is -2.49. The molecule has 3 heterocycles. The molecule has 3 aliphatic rings. The van der Waals surface area contributed by atoms with Crippen molar-refractivity contribution in [3.05, 3.63) is 29.8 Å². The molecule has 3 atom stereocenters. The van der Waals surface area contributed by atoms with Crippen molar-refractivity contribution >= 4 is 11.8 Å². The van der Waals surface area contributed by atoms with Crippen molar-refractivity contribution in [2.45, 2.75) is 69.2 Å². The smallest absolute Gasteiger partial charge is 0.406 e. The minimum atomic E-state index is -4.76. The monoisotopic (exact) mass is 498 g/mol. The molecule has 2 N–H and O–H groups in total. The van der Waals surface area contributed by atoms with Crippen molar-refractivity contribution in [1.29, 1.82) is 0 Å². The lowest BCUT2D eigenvalue weighted by atomic mass is 10.0. The van der Waals surface area contributed by atoms with Crippen molar-refractivity contribution < 1.29 is 32.6 Å². The second-order valence-electron chi connectivity index (χ2n) is 9.68. The second-order valence-corrected chi connectivity index (χ2v) is 9.68. The predicted octanol–water partition coefficient (Wildman–Crippen LogP) is 1.72. The Morgan fingerprint density at radius 3 is 2.66 bits per heavy atom. The fraction of sp³-hybridized carbons (Fsp3) is 0.667. The van der Waals surface area contributed by atoms with Crippen LogP contribution in [0.1, 0.15) is 37.7 Å². The van der Waals surface area contributed by atoms with Crippen LogP contribution in [0, 0.1) is 0 Å². The highest BCUT2D eigenvalue weighted by atomic mass is 19.4. The van der Waals surface area contributed by atoms with Gasteiger partial charge in [0.2, 0.25) is 11.8 Å². The van der Waals surface area contributed by atoms with Crippen molar-refractivity contribution in [3.8, 4) is 5.75 Å². The predicted molar refractivity (Wildman–Crippen MR) is 121 cm³/mol. The third kappa shape index (κ3) is 6.45. The molecule has 0 aromatic heterocycles. The van der Waals surface area contributed by atoms with Gasteiger partial charge in [0.05, 0.1) is 6.10 Å². The summed E-state index contributed by atoms with van der Waals surface area (Å²) in [7, 11) is 1.98. The average molecular weight is 499 g/mol. The second kappa shape index (κ2) is 10.7. The first kappa shape index (κ1) is 25.7. The largest absolute Gasteiger partial charge is 0.573 e. The van der Waals surface area contributed by atoms with Crippen LogP contribution < -0.4 is 10.1 Å². The van der Waals surface area contributed by atoms with Crippen LogP contribution in [-0.4, -0.2) is 95.4 Å². The lowest BCUT2D eigenvalue weighted by molar-refractivity contribution is -0.274. The number of hydrogen-bond acceptors (Lipinski definition) is 6. The molecule has 3 fully saturated rings. The molecule has 1 aromatic carbocycles. The zero-order valence-corrected chi connectivity index (χ0v) is 19.8. The lowest BCUT2D eigenvalue weighted by Gasteiger charge is -2.34. The number of piperidine rings is 1. The number of nitrogens with zero attached hydrogens (tertiary/aromatic N) is 3. The Bertz CT molecular complexity index is 907. The number of hydrogen-bond donors (Lipinski definition) is 2. The minimum Gasteiger partial charge on any atom is -0.406 e. The molecule has 35 heavy (non-hydrogen) atoms. The molecule has 8 nitrogen and oxygen atoms in total. The summed E-state index contributed by atoms with van der Waals surface area (Å²) >= 11 is 0. The molecular weight excluding hydrogens is 465 g/mol. The van der Waals surface area contributed by atoms with Gasteiger partial charge in [-0.2, -0.15) is 0 Å². The summed E-state index contributed by atoms with van der Waals surface area (Å²) < 4.78 is 41.8. The fourth-order valence-electron chi connectivity index (χ4n) is 5.47. The Balaban J connectivity index is 1.36. The van der Waals surface area contributed by atoms with Gasteiger partial charge >= 0.3 is 6.36 Å². The quantitative estimate of drug-likeness (QED) is 0.622. The number of alkyl halides is 3.